The molecule has 0 spiro atoms. The molecule has 2 aliphatic heterocycles. The molecule has 4 rings (SSSR count). The first-order valence-electron chi connectivity index (χ1n) is 7.77. The number of nitrogens with one attached hydrogen (secondary N) is 2. The lowest BCUT2D eigenvalue weighted by atomic mass is 10.2. The minimum Gasteiger partial charge on any atom is -0.454 e. The van der Waals surface area contributed by atoms with Gasteiger partial charge in [-0.15, -0.1) is 8.78 Å². The Morgan fingerprint density at radius 3 is 2.56 bits per heavy atom. The maximum Gasteiger partial charge on any atom is 0.586 e. The molecule has 0 atom stereocenters. The number of ether oxygens (including phenoxy) is 4. The molecule has 2 aliphatic rings. The average molecular weight is 378 g/mol. The molecule has 0 fully saturated rings. The van der Waals surface area contributed by atoms with Gasteiger partial charge < -0.3 is 29.6 Å². The first-order valence-corrected chi connectivity index (χ1v) is 7.77. The SMILES string of the molecule is O=C(CNC(=O)c1ccc2c(c1)OCO2)Nc1ccc2c(c1)OC(F)(F)O2. The number of anilines is 1. The number of fused-ring (bicyclic) bond motifs is 2. The van der Waals surface area contributed by atoms with Gasteiger partial charge in [0.1, 0.15) is 0 Å². The van der Waals surface area contributed by atoms with Gasteiger partial charge in [-0.3, -0.25) is 9.59 Å². The molecular weight excluding hydrogens is 366 g/mol. The summed E-state index contributed by atoms with van der Waals surface area (Å²) in [4.78, 5) is 24.1. The summed E-state index contributed by atoms with van der Waals surface area (Å²) in [6.07, 6.45) is -3.73. The zero-order valence-corrected chi connectivity index (χ0v) is 13.6. The van der Waals surface area contributed by atoms with Crippen molar-refractivity contribution in [2.75, 3.05) is 18.7 Å². The van der Waals surface area contributed by atoms with Gasteiger partial charge in [-0.25, -0.2) is 0 Å². The Morgan fingerprint density at radius 1 is 0.963 bits per heavy atom. The van der Waals surface area contributed by atoms with Crippen molar-refractivity contribution < 1.29 is 37.3 Å². The van der Waals surface area contributed by atoms with E-state index in [1.807, 2.05) is 0 Å². The van der Waals surface area contributed by atoms with Crippen LogP contribution in [0.25, 0.3) is 0 Å². The van der Waals surface area contributed by atoms with Crippen LogP contribution in [0, 0.1) is 0 Å². The van der Waals surface area contributed by atoms with Crippen LogP contribution in [0.5, 0.6) is 23.0 Å². The molecule has 0 bridgehead atoms. The molecule has 0 radical (unpaired) electrons. The third kappa shape index (κ3) is 3.54. The minimum atomic E-state index is -3.73. The van der Waals surface area contributed by atoms with E-state index < -0.39 is 18.1 Å². The van der Waals surface area contributed by atoms with Gasteiger partial charge in [-0.1, -0.05) is 0 Å². The second-order valence-corrected chi connectivity index (χ2v) is 5.63. The molecule has 2 N–H and O–H groups in total. The predicted octanol–water partition coefficient (Wildman–Crippen LogP) is 2.11. The number of rotatable bonds is 4. The molecule has 0 unspecified atom stereocenters. The van der Waals surface area contributed by atoms with E-state index in [0.29, 0.717) is 17.1 Å². The molecule has 0 saturated heterocycles. The number of alkyl halides is 2. The van der Waals surface area contributed by atoms with E-state index in [9.17, 15) is 18.4 Å². The van der Waals surface area contributed by atoms with Crippen LogP contribution in [0.2, 0.25) is 0 Å². The smallest absolute Gasteiger partial charge is 0.454 e. The molecular formula is C17H12F2N2O6. The van der Waals surface area contributed by atoms with Crippen LogP contribution in [0.15, 0.2) is 36.4 Å². The fraction of sp³-hybridized carbons (Fsp3) is 0.176. The molecule has 8 nitrogen and oxygen atoms in total. The molecule has 10 heteroatoms. The summed E-state index contributed by atoms with van der Waals surface area (Å²) >= 11 is 0. The van der Waals surface area contributed by atoms with E-state index in [0.717, 1.165) is 0 Å². The Labute approximate surface area is 151 Å². The first-order chi connectivity index (χ1) is 12.9. The number of benzene rings is 2. The second-order valence-electron chi connectivity index (χ2n) is 5.63. The van der Waals surface area contributed by atoms with Gasteiger partial charge in [0.15, 0.2) is 23.0 Å². The molecule has 2 aromatic rings. The van der Waals surface area contributed by atoms with E-state index in [1.165, 1.54) is 24.3 Å². The van der Waals surface area contributed by atoms with Crippen molar-refractivity contribution in [1.29, 1.82) is 0 Å². The molecule has 0 aliphatic carbocycles. The van der Waals surface area contributed by atoms with E-state index in [1.54, 1.807) is 12.1 Å². The first kappa shape index (κ1) is 16.9. The maximum absolute atomic E-state index is 13.0. The predicted molar refractivity (Wildman–Crippen MR) is 86.2 cm³/mol. The van der Waals surface area contributed by atoms with Crippen LogP contribution in [-0.2, 0) is 4.79 Å². The summed E-state index contributed by atoms with van der Waals surface area (Å²) in [7, 11) is 0. The van der Waals surface area contributed by atoms with Crippen molar-refractivity contribution >= 4 is 17.5 Å². The standard InChI is InChI=1S/C17H12F2N2O6/c18-17(19)26-12-4-2-10(6-14(12)27-17)21-15(22)7-20-16(23)9-1-3-11-13(5-9)25-8-24-11/h1-6H,7-8H2,(H,20,23)(H,21,22). The number of amides is 2. The zero-order chi connectivity index (χ0) is 19.0. The third-order valence-electron chi connectivity index (χ3n) is 3.73. The van der Waals surface area contributed by atoms with Crippen LogP contribution < -0.4 is 29.6 Å². The number of carbonyl (C=O) groups is 2. The summed E-state index contributed by atoms with van der Waals surface area (Å²) in [5, 5.41) is 4.92. The molecule has 140 valence electrons. The van der Waals surface area contributed by atoms with Gasteiger partial charge in [0.25, 0.3) is 5.91 Å². The van der Waals surface area contributed by atoms with Crippen molar-refractivity contribution in [3.63, 3.8) is 0 Å². The fourth-order valence-electron chi connectivity index (χ4n) is 2.53. The largest absolute Gasteiger partial charge is 0.586 e. The quantitative estimate of drug-likeness (QED) is 0.846. The van der Waals surface area contributed by atoms with Gasteiger partial charge in [-0.05, 0) is 30.3 Å². The van der Waals surface area contributed by atoms with E-state index in [4.69, 9.17) is 9.47 Å². The highest BCUT2D eigenvalue weighted by molar-refractivity contribution is 5.99. The molecule has 0 saturated carbocycles. The van der Waals surface area contributed by atoms with Crippen LogP contribution in [-0.4, -0.2) is 31.4 Å². The number of carbonyl (C=O) groups excluding carboxylic acids is 2. The number of halogens is 2. The lowest BCUT2D eigenvalue weighted by Gasteiger charge is -2.08. The Bertz CT molecular complexity index is 934. The topological polar surface area (TPSA) is 95.1 Å². The molecule has 2 aromatic carbocycles. The van der Waals surface area contributed by atoms with Gasteiger partial charge >= 0.3 is 6.29 Å². The van der Waals surface area contributed by atoms with Gasteiger partial charge in [0.05, 0.1) is 6.54 Å². The van der Waals surface area contributed by atoms with E-state index >= 15 is 0 Å². The van der Waals surface area contributed by atoms with E-state index in [2.05, 4.69) is 20.1 Å². The van der Waals surface area contributed by atoms with Crippen LogP contribution in [0.4, 0.5) is 14.5 Å². The normalized spacial score (nSPS) is 15.3. The van der Waals surface area contributed by atoms with Crippen LogP contribution in [0.1, 0.15) is 10.4 Å². The van der Waals surface area contributed by atoms with Gasteiger partial charge in [0.2, 0.25) is 12.7 Å². The van der Waals surface area contributed by atoms with Crippen LogP contribution in [0.3, 0.4) is 0 Å². The lowest BCUT2D eigenvalue weighted by Crippen LogP contribution is -2.32. The Kier molecular flexibility index (Phi) is 3.94. The van der Waals surface area contributed by atoms with Crippen molar-refractivity contribution in [2.24, 2.45) is 0 Å². The summed E-state index contributed by atoms with van der Waals surface area (Å²) in [6.45, 7) is -0.234. The molecule has 0 aromatic heterocycles. The number of hydrogen-bond donors (Lipinski definition) is 2. The molecule has 2 heterocycles. The highest BCUT2D eigenvalue weighted by Crippen LogP contribution is 2.42. The Balaban J connectivity index is 1.33. The average Bonchev–Trinajstić information content (AvgIpc) is 3.20. The Hall–Kier alpha value is -3.56. The number of hydrogen-bond acceptors (Lipinski definition) is 6. The molecule has 27 heavy (non-hydrogen) atoms. The van der Waals surface area contributed by atoms with Gasteiger partial charge in [0, 0.05) is 17.3 Å². The monoisotopic (exact) mass is 378 g/mol. The van der Waals surface area contributed by atoms with Crippen molar-refractivity contribution in [2.45, 2.75) is 6.29 Å². The summed E-state index contributed by atoms with van der Waals surface area (Å²) in [6, 6.07) is 8.47. The summed E-state index contributed by atoms with van der Waals surface area (Å²) in [5.74, 6) is -0.359. The van der Waals surface area contributed by atoms with E-state index in [-0.39, 0.29) is 30.5 Å². The van der Waals surface area contributed by atoms with Crippen molar-refractivity contribution in [3.05, 3.63) is 42.0 Å². The highest BCUT2D eigenvalue weighted by atomic mass is 19.3. The minimum absolute atomic E-state index is 0.0876. The Morgan fingerprint density at radius 2 is 1.70 bits per heavy atom. The molecule has 2 amide bonds. The van der Waals surface area contributed by atoms with Crippen molar-refractivity contribution in [3.8, 4) is 23.0 Å². The summed E-state index contributed by atoms with van der Waals surface area (Å²) in [5.41, 5.74) is 0.523. The van der Waals surface area contributed by atoms with Crippen LogP contribution >= 0.6 is 0 Å². The maximum atomic E-state index is 13.0. The van der Waals surface area contributed by atoms with Gasteiger partial charge in [-0.2, -0.15) is 0 Å². The lowest BCUT2D eigenvalue weighted by molar-refractivity contribution is -0.286. The highest BCUT2D eigenvalue weighted by Gasteiger charge is 2.43. The third-order valence-corrected chi connectivity index (χ3v) is 3.73. The fourth-order valence-corrected chi connectivity index (χ4v) is 2.53. The second kappa shape index (κ2) is 6.31. The summed E-state index contributed by atoms with van der Waals surface area (Å²) < 4.78 is 44.9. The van der Waals surface area contributed by atoms with Crippen molar-refractivity contribution in [1.82, 2.24) is 5.32 Å². The zero-order valence-electron chi connectivity index (χ0n) is 13.6.